The van der Waals surface area contributed by atoms with Crippen LogP contribution in [0.4, 0.5) is 5.69 Å². The van der Waals surface area contributed by atoms with Crippen LogP contribution in [-0.4, -0.2) is 5.71 Å². The van der Waals surface area contributed by atoms with E-state index in [9.17, 15) is 0 Å². The quantitative estimate of drug-likeness (QED) is 0.452. The molecule has 0 saturated heterocycles. The fraction of sp³-hybridized carbons (Fsp3) is 0.174. The minimum atomic E-state index is 0.350. The van der Waals surface area contributed by atoms with Crippen molar-refractivity contribution in [2.75, 3.05) is 0 Å². The van der Waals surface area contributed by atoms with Crippen molar-refractivity contribution in [3.05, 3.63) is 94.5 Å². The molecule has 0 saturated carbocycles. The van der Waals surface area contributed by atoms with Gasteiger partial charge >= 0.3 is 0 Å². The highest BCUT2D eigenvalue weighted by Gasteiger charge is 2.35. The van der Waals surface area contributed by atoms with Gasteiger partial charge in [-0.3, -0.25) is 4.99 Å². The van der Waals surface area contributed by atoms with Crippen LogP contribution in [0.2, 0.25) is 5.02 Å². The first-order valence-electron chi connectivity index (χ1n) is 8.97. The SMILES string of the molecule is Clc1ccc([C@H]2Sc3ccccc3N=C3c4ccccc4CC[C@H]32)cc1. The molecule has 128 valence electrons. The summed E-state index contributed by atoms with van der Waals surface area (Å²) in [7, 11) is 0. The van der Waals surface area contributed by atoms with Gasteiger partial charge in [-0.05, 0) is 53.8 Å². The lowest BCUT2D eigenvalue weighted by Crippen LogP contribution is -2.27. The van der Waals surface area contributed by atoms with E-state index in [1.807, 2.05) is 23.9 Å². The van der Waals surface area contributed by atoms with Gasteiger partial charge in [-0.2, -0.15) is 0 Å². The van der Waals surface area contributed by atoms with Gasteiger partial charge in [0, 0.05) is 21.1 Å². The Kier molecular flexibility index (Phi) is 4.11. The smallest absolute Gasteiger partial charge is 0.0769 e. The molecule has 2 atom stereocenters. The molecule has 5 rings (SSSR count). The van der Waals surface area contributed by atoms with E-state index in [0.29, 0.717) is 11.2 Å². The van der Waals surface area contributed by atoms with Crippen LogP contribution < -0.4 is 0 Å². The van der Waals surface area contributed by atoms with Gasteiger partial charge in [-0.1, -0.05) is 60.1 Å². The summed E-state index contributed by atoms with van der Waals surface area (Å²) in [4.78, 5) is 6.42. The summed E-state index contributed by atoms with van der Waals surface area (Å²) in [6.07, 6.45) is 2.24. The molecule has 3 heteroatoms. The number of thioether (sulfide) groups is 1. The number of fused-ring (bicyclic) bond motifs is 4. The number of hydrogen-bond acceptors (Lipinski definition) is 2. The maximum Gasteiger partial charge on any atom is 0.0769 e. The number of rotatable bonds is 1. The van der Waals surface area contributed by atoms with E-state index >= 15 is 0 Å². The van der Waals surface area contributed by atoms with E-state index < -0.39 is 0 Å². The van der Waals surface area contributed by atoms with E-state index in [4.69, 9.17) is 16.6 Å². The third-order valence-electron chi connectivity index (χ3n) is 5.29. The zero-order valence-corrected chi connectivity index (χ0v) is 15.8. The molecule has 0 bridgehead atoms. The van der Waals surface area contributed by atoms with Crippen molar-refractivity contribution >= 4 is 34.8 Å². The van der Waals surface area contributed by atoms with Gasteiger partial charge in [0.05, 0.1) is 11.4 Å². The number of aryl methyl sites for hydroxylation is 1. The molecular formula is C23H18ClNS. The maximum atomic E-state index is 6.14. The van der Waals surface area contributed by atoms with Crippen LogP contribution in [0.3, 0.4) is 0 Å². The summed E-state index contributed by atoms with van der Waals surface area (Å²) in [5, 5.41) is 1.14. The van der Waals surface area contributed by atoms with Crippen LogP contribution >= 0.6 is 23.4 Å². The minimum Gasteiger partial charge on any atom is -0.251 e. The predicted molar refractivity (Wildman–Crippen MR) is 111 cm³/mol. The number of halogens is 1. The Labute approximate surface area is 163 Å². The highest BCUT2D eigenvalue weighted by Crippen LogP contribution is 2.51. The topological polar surface area (TPSA) is 12.4 Å². The first-order chi connectivity index (χ1) is 12.8. The molecule has 0 aromatic heterocycles. The van der Waals surface area contributed by atoms with Crippen LogP contribution in [0.1, 0.15) is 28.4 Å². The monoisotopic (exact) mass is 375 g/mol. The molecule has 3 aromatic carbocycles. The standard InChI is InChI=1S/C23H18ClNS/c24-17-12-9-16(10-13-17)23-19-14-11-15-5-1-2-6-18(15)22(19)25-20-7-3-4-8-21(20)26-23/h1-10,12-13,19,23H,11,14H2/t19-,23-/m1/s1. The molecule has 0 N–H and O–H groups in total. The van der Waals surface area contributed by atoms with Crippen LogP contribution in [0.5, 0.6) is 0 Å². The first kappa shape index (κ1) is 16.2. The van der Waals surface area contributed by atoms with Crippen LogP contribution in [-0.2, 0) is 6.42 Å². The molecule has 1 aliphatic carbocycles. The number of hydrogen-bond donors (Lipinski definition) is 0. The summed E-state index contributed by atoms with van der Waals surface area (Å²) >= 11 is 8.08. The molecule has 0 unspecified atom stereocenters. The van der Waals surface area contributed by atoms with E-state index in [1.165, 1.54) is 27.3 Å². The van der Waals surface area contributed by atoms with Crippen molar-refractivity contribution in [2.45, 2.75) is 23.0 Å². The highest BCUT2D eigenvalue weighted by atomic mass is 35.5. The largest absolute Gasteiger partial charge is 0.251 e. The Morgan fingerprint density at radius 1 is 0.885 bits per heavy atom. The molecule has 1 heterocycles. The van der Waals surface area contributed by atoms with Gasteiger partial charge in [-0.15, -0.1) is 11.8 Å². The second-order valence-corrected chi connectivity index (χ2v) is 8.48. The van der Waals surface area contributed by atoms with Crippen molar-refractivity contribution in [3.8, 4) is 0 Å². The van der Waals surface area contributed by atoms with Gasteiger partial charge in [0.15, 0.2) is 0 Å². The normalized spacial score (nSPS) is 21.0. The van der Waals surface area contributed by atoms with Gasteiger partial charge in [0.25, 0.3) is 0 Å². The molecule has 2 aliphatic rings. The molecule has 1 nitrogen and oxygen atoms in total. The van der Waals surface area contributed by atoms with Gasteiger partial charge in [0.1, 0.15) is 0 Å². The van der Waals surface area contributed by atoms with Crippen molar-refractivity contribution in [2.24, 2.45) is 10.9 Å². The Bertz CT molecular complexity index is 993. The Morgan fingerprint density at radius 2 is 1.65 bits per heavy atom. The molecule has 1 aliphatic heterocycles. The average molecular weight is 376 g/mol. The maximum absolute atomic E-state index is 6.14. The molecule has 0 spiro atoms. The lowest BCUT2D eigenvalue weighted by atomic mass is 9.78. The first-order valence-corrected chi connectivity index (χ1v) is 10.2. The highest BCUT2D eigenvalue weighted by molar-refractivity contribution is 7.99. The molecule has 26 heavy (non-hydrogen) atoms. The van der Waals surface area contributed by atoms with Gasteiger partial charge < -0.3 is 0 Å². The molecule has 0 fully saturated rings. The number of para-hydroxylation sites is 1. The lowest BCUT2D eigenvalue weighted by Gasteiger charge is -2.31. The minimum absolute atomic E-state index is 0.350. The zero-order valence-electron chi connectivity index (χ0n) is 14.2. The molecule has 3 aromatic rings. The Balaban J connectivity index is 1.70. The van der Waals surface area contributed by atoms with Crippen molar-refractivity contribution < 1.29 is 0 Å². The summed E-state index contributed by atoms with van der Waals surface area (Å²) < 4.78 is 0. The number of aliphatic imine (C=N–C) groups is 1. The molecular weight excluding hydrogens is 358 g/mol. The average Bonchev–Trinajstić information content (AvgIpc) is 2.85. The summed E-state index contributed by atoms with van der Waals surface area (Å²) in [6.45, 7) is 0. The van der Waals surface area contributed by atoms with Gasteiger partial charge in [-0.25, -0.2) is 0 Å². The van der Waals surface area contributed by atoms with Crippen LogP contribution in [0.25, 0.3) is 0 Å². The fourth-order valence-corrected chi connectivity index (χ4v) is 5.54. The Morgan fingerprint density at radius 3 is 2.54 bits per heavy atom. The fourth-order valence-electron chi connectivity index (χ4n) is 4.02. The van der Waals surface area contributed by atoms with Gasteiger partial charge in [0.2, 0.25) is 0 Å². The van der Waals surface area contributed by atoms with Crippen molar-refractivity contribution in [1.82, 2.24) is 0 Å². The van der Waals surface area contributed by atoms with Crippen molar-refractivity contribution in [3.63, 3.8) is 0 Å². The van der Waals surface area contributed by atoms with Crippen LogP contribution in [0.15, 0.2) is 82.7 Å². The summed E-state index contributed by atoms with van der Waals surface area (Å²) in [6, 6.07) is 25.6. The second-order valence-electron chi connectivity index (χ2n) is 6.86. The zero-order chi connectivity index (χ0) is 17.5. The molecule has 0 amide bonds. The van der Waals surface area contributed by atoms with E-state index in [0.717, 1.165) is 23.6 Å². The summed E-state index contributed by atoms with van der Waals surface area (Å²) in [5.41, 5.74) is 6.39. The van der Waals surface area contributed by atoms with E-state index in [2.05, 4.69) is 60.7 Å². The third kappa shape index (κ3) is 2.78. The number of nitrogens with zero attached hydrogens (tertiary/aromatic N) is 1. The summed E-state index contributed by atoms with van der Waals surface area (Å²) in [5.74, 6) is 0.406. The van der Waals surface area contributed by atoms with Crippen molar-refractivity contribution in [1.29, 1.82) is 0 Å². The van der Waals surface area contributed by atoms with Crippen LogP contribution in [0, 0.1) is 5.92 Å². The van der Waals surface area contributed by atoms with E-state index in [1.54, 1.807) is 0 Å². The predicted octanol–water partition coefficient (Wildman–Crippen LogP) is 6.87. The molecule has 0 radical (unpaired) electrons. The lowest BCUT2D eigenvalue weighted by molar-refractivity contribution is 0.597. The number of benzene rings is 3. The third-order valence-corrected chi connectivity index (χ3v) is 7.00. The second kappa shape index (κ2) is 6.61. The van der Waals surface area contributed by atoms with E-state index in [-0.39, 0.29) is 0 Å². The Hall–Kier alpha value is -2.03.